The van der Waals surface area contributed by atoms with E-state index >= 15 is 0 Å². The van der Waals surface area contributed by atoms with E-state index in [2.05, 4.69) is 23.5 Å². The fourth-order valence-electron chi connectivity index (χ4n) is 1.16. The third kappa shape index (κ3) is 8.36. The van der Waals surface area contributed by atoms with Crippen LogP contribution in [-0.4, -0.2) is 39.8 Å². The number of nitrogens with one attached hydrogen (secondary N) is 1. The van der Waals surface area contributed by atoms with Crippen molar-refractivity contribution in [1.82, 2.24) is 9.62 Å². The molecule has 0 saturated heterocycles. The molecule has 4 nitrogen and oxygen atoms in total. The van der Waals surface area contributed by atoms with E-state index in [-0.39, 0.29) is 0 Å². The van der Waals surface area contributed by atoms with E-state index in [9.17, 15) is 4.21 Å². The third-order valence-corrected chi connectivity index (χ3v) is 2.47. The Labute approximate surface area is 83.1 Å². The summed E-state index contributed by atoms with van der Waals surface area (Å²) in [4.78, 5) is 2.34. The summed E-state index contributed by atoms with van der Waals surface area (Å²) >= 11 is -1.85. The Kier molecular flexibility index (Phi) is 8.64. The lowest BCUT2D eigenvalue weighted by Crippen LogP contribution is -2.25. The molecule has 0 aliphatic heterocycles. The smallest absolute Gasteiger partial charge is 0.231 e. The largest absolute Gasteiger partial charge is 0.304 e. The van der Waals surface area contributed by atoms with Crippen LogP contribution in [-0.2, 0) is 11.3 Å². The lowest BCUT2D eigenvalue weighted by Gasteiger charge is -2.17. The van der Waals surface area contributed by atoms with Crippen molar-refractivity contribution in [3.63, 3.8) is 0 Å². The molecule has 0 aromatic carbocycles. The first-order chi connectivity index (χ1) is 6.20. The van der Waals surface area contributed by atoms with Crippen molar-refractivity contribution in [2.45, 2.75) is 26.7 Å². The highest BCUT2D eigenvalue weighted by atomic mass is 32.2. The first-order valence-electron chi connectivity index (χ1n) is 4.77. The summed E-state index contributed by atoms with van der Waals surface area (Å²) in [6, 6.07) is 0. The predicted octanol–water partition coefficient (Wildman–Crippen LogP) is 0.835. The number of hydrogen-bond donors (Lipinski definition) is 2. The summed E-state index contributed by atoms with van der Waals surface area (Å²) in [6.45, 7) is 8.14. The van der Waals surface area contributed by atoms with Gasteiger partial charge in [0.2, 0.25) is 11.3 Å². The van der Waals surface area contributed by atoms with Crippen LogP contribution in [0.4, 0.5) is 0 Å². The minimum atomic E-state index is -1.85. The standard InChI is InChI=1S/C8H20N2O2S/c1-3-10(4-2)8-6-5-7-9-13(11)12/h9H,3-8H2,1-2H3,(H,11,12). The van der Waals surface area contributed by atoms with Gasteiger partial charge in [0, 0.05) is 6.54 Å². The van der Waals surface area contributed by atoms with Gasteiger partial charge in [0.25, 0.3) is 0 Å². The molecule has 1 unspecified atom stereocenters. The maximum Gasteiger partial charge on any atom is 0.231 e. The molecule has 0 aliphatic carbocycles. The highest BCUT2D eigenvalue weighted by Crippen LogP contribution is 1.93. The molecule has 0 radical (unpaired) electrons. The van der Waals surface area contributed by atoms with Crippen LogP contribution in [0, 0.1) is 0 Å². The second-order valence-corrected chi connectivity index (χ2v) is 3.66. The molecule has 0 bridgehead atoms. The quantitative estimate of drug-likeness (QED) is 0.459. The maximum atomic E-state index is 10.2. The zero-order valence-corrected chi connectivity index (χ0v) is 9.27. The Morgan fingerprint density at radius 2 is 1.92 bits per heavy atom. The number of hydrogen-bond acceptors (Lipinski definition) is 2. The number of nitrogens with zero attached hydrogens (tertiary/aromatic N) is 1. The van der Waals surface area contributed by atoms with Crippen molar-refractivity contribution in [1.29, 1.82) is 0 Å². The highest BCUT2D eigenvalue weighted by Gasteiger charge is 1.98. The summed E-state index contributed by atoms with van der Waals surface area (Å²) in [5, 5.41) is 0. The number of unbranched alkanes of at least 4 members (excludes halogenated alkanes) is 1. The molecule has 0 rings (SSSR count). The Morgan fingerprint density at radius 3 is 2.38 bits per heavy atom. The molecule has 0 saturated carbocycles. The Morgan fingerprint density at radius 1 is 1.31 bits per heavy atom. The molecule has 13 heavy (non-hydrogen) atoms. The van der Waals surface area contributed by atoms with Gasteiger partial charge in [-0.15, -0.1) is 0 Å². The monoisotopic (exact) mass is 208 g/mol. The topological polar surface area (TPSA) is 52.6 Å². The van der Waals surface area contributed by atoms with Gasteiger partial charge in [-0.3, -0.25) is 4.55 Å². The Balaban J connectivity index is 3.19. The molecule has 1 atom stereocenters. The van der Waals surface area contributed by atoms with Gasteiger partial charge in [-0.2, -0.15) is 0 Å². The molecule has 0 fully saturated rings. The fraction of sp³-hybridized carbons (Fsp3) is 1.00. The zero-order valence-electron chi connectivity index (χ0n) is 8.45. The SMILES string of the molecule is CCN(CC)CCCCNS(=O)O. The molecule has 0 heterocycles. The fourth-order valence-corrected chi connectivity index (χ4v) is 1.48. The lowest BCUT2D eigenvalue weighted by molar-refractivity contribution is 0.297. The Bertz CT molecular complexity index is 140. The second kappa shape index (κ2) is 8.62. The number of rotatable bonds is 8. The normalized spacial score (nSPS) is 13.5. The third-order valence-electron chi connectivity index (χ3n) is 2.02. The van der Waals surface area contributed by atoms with Gasteiger partial charge in [0.05, 0.1) is 0 Å². The second-order valence-electron chi connectivity index (χ2n) is 2.88. The van der Waals surface area contributed by atoms with Gasteiger partial charge in [0.15, 0.2) is 0 Å². The van der Waals surface area contributed by atoms with Gasteiger partial charge >= 0.3 is 0 Å². The average molecular weight is 208 g/mol. The molecule has 5 heteroatoms. The molecule has 0 aliphatic rings. The molecular weight excluding hydrogens is 188 g/mol. The lowest BCUT2D eigenvalue weighted by atomic mass is 10.3. The van der Waals surface area contributed by atoms with Crippen LogP contribution in [0.1, 0.15) is 26.7 Å². The van der Waals surface area contributed by atoms with E-state index in [1.54, 1.807) is 0 Å². The van der Waals surface area contributed by atoms with Crippen LogP contribution in [0.15, 0.2) is 0 Å². The van der Waals surface area contributed by atoms with Crippen LogP contribution in [0.2, 0.25) is 0 Å². The van der Waals surface area contributed by atoms with Gasteiger partial charge in [-0.1, -0.05) is 13.8 Å². The molecular formula is C8H20N2O2S. The van der Waals surface area contributed by atoms with Crippen LogP contribution in [0.25, 0.3) is 0 Å². The van der Waals surface area contributed by atoms with E-state index < -0.39 is 11.3 Å². The Hall–Kier alpha value is 0.0300. The first-order valence-corrected chi connectivity index (χ1v) is 5.88. The summed E-state index contributed by atoms with van der Waals surface area (Å²) in [7, 11) is 0. The maximum absolute atomic E-state index is 10.2. The van der Waals surface area contributed by atoms with Crippen LogP contribution in [0.3, 0.4) is 0 Å². The molecule has 0 aromatic heterocycles. The molecule has 2 N–H and O–H groups in total. The van der Waals surface area contributed by atoms with Crippen LogP contribution in [0.5, 0.6) is 0 Å². The van der Waals surface area contributed by atoms with Crippen molar-refractivity contribution in [2.24, 2.45) is 0 Å². The summed E-state index contributed by atoms with van der Waals surface area (Å²) in [5.41, 5.74) is 0. The first kappa shape index (κ1) is 13.0. The van der Waals surface area contributed by atoms with Crippen molar-refractivity contribution in [2.75, 3.05) is 26.2 Å². The van der Waals surface area contributed by atoms with Crippen molar-refractivity contribution in [3.05, 3.63) is 0 Å². The molecule has 0 spiro atoms. The van der Waals surface area contributed by atoms with E-state index in [0.29, 0.717) is 6.54 Å². The minimum Gasteiger partial charge on any atom is -0.304 e. The van der Waals surface area contributed by atoms with Crippen molar-refractivity contribution >= 4 is 11.3 Å². The van der Waals surface area contributed by atoms with Gasteiger partial charge in [-0.25, -0.2) is 8.93 Å². The van der Waals surface area contributed by atoms with E-state index in [4.69, 9.17) is 4.55 Å². The van der Waals surface area contributed by atoms with Gasteiger partial charge in [0.1, 0.15) is 0 Å². The van der Waals surface area contributed by atoms with Crippen molar-refractivity contribution < 1.29 is 8.76 Å². The highest BCUT2D eigenvalue weighted by molar-refractivity contribution is 7.77. The van der Waals surface area contributed by atoms with Gasteiger partial charge < -0.3 is 4.90 Å². The molecule has 0 aromatic rings. The van der Waals surface area contributed by atoms with Gasteiger partial charge in [-0.05, 0) is 32.5 Å². The van der Waals surface area contributed by atoms with E-state index in [0.717, 1.165) is 32.5 Å². The average Bonchev–Trinajstić information content (AvgIpc) is 2.11. The predicted molar refractivity (Wildman–Crippen MR) is 55.8 cm³/mol. The van der Waals surface area contributed by atoms with E-state index in [1.165, 1.54) is 0 Å². The van der Waals surface area contributed by atoms with Crippen LogP contribution < -0.4 is 4.72 Å². The summed E-state index contributed by atoms with van der Waals surface area (Å²) in [5.74, 6) is 0. The summed E-state index contributed by atoms with van der Waals surface area (Å²) in [6.07, 6.45) is 2.02. The van der Waals surface area contributed by atoms with E-state index in [1.807, 2.05) is 0 Å². The van der Waals surface area contributed by atoms with Crippen molar-refractivity contribution in [3.8, 4) is 0 Å². The minimum absolute atomic E-state index is 0.615. The molecule has 80 valence electrons. The summed E-state index contributed by atoms with van der Waals surface area (Å²) < 4.78 is 21.1. The molecule has 0 amide bonds. The van der Waals surface area contributed by atoms with Crippen LogP contribution >= 0.6 is 0 Å². The zero-order chi connectivity index (χ0) is 10.1.